The standard InChI is InChI=1S/C23H35N5O/c1-14-4-3-10-24-20(14)22(15-7-8-15)27-23(29)19-13-17-6-2-5-16(21(17)26-19)12-18-9-11-25-28-18/h2,5-6,14-15,18-20,22,24-26,28H,3-4,7-13H2,1H3,(H,27,29). The molecule has 6 heteroatoms. The maximum atomic E-state index is 13.2. The van der Waals surface area contributed by atoms with Crippen molar-refractivity contribution in [3.63, 3.8) is 0 Å². The molecule has 4 aliphatic rings. The minimum atomic E-state index is -0.152. The largest absolute Gasteiger partial charge is 0.373 e. The summed E-state index contributed by atoms with van der Waals surface area (Å²) < 4.78 is 0. The molecule has 1 amide bonds. The normalized spacial score (nSPS) is 32.4. The zero-order chi connectivity index (χ0) is 19.8. The van der Waals surface area contributed by atoms with Gasteiger partial charge in [0.15, 0.2) is 0 Å². The Morgan fingerprint density at radius 3 is 2.86 bits per heavy atom. The van der Waals surface area contributed by atoms with Crippen molar-refractivity contribution in [2.24, 2.45) is 11.8 Å². The molecule has 0 aromatic heterocycles. The van der Waals surface area contributed by atoms with Gasteiger partial charge in [-0.05, 0) is 68.0 Å². The van der Waals surface area contributed by atoms with Gasteiger partial charge in [0.1, 0.15) is 6.04 Å². The zero-order valence-electron chi connectivity index (χ0n) is 17.5. The third kappa shape index (κ3) is 4.16. The van der Waals surface area contributed by atoms with Crippen LogP contribution in [0.3, 0.4) is 0 Å². The van der Waals surface area contributed by atoms with Crippen LogP contribution >= 0.6 is 0 Å². The molecular formula is C23H35N5O. The number of amides is 1. The van der Waals surface area contributed by atoms with Crippen LogP contribution in [0.25, 0.3) is 0 Å². The second kappa shape index (κ2) is 8.25. The molecule has 1 aliphatic carbocycles. The summed E-state index contributed by atoms with van der Waals surface area (Å²) in [6.07, 6.45) is 7.93. The first-order chi connectivity index (χ1) is 14.2. The van der Waals surface area contributed by atoms with Gasteiger partial charge in [-0.1, -0.05) is 25.1 Å². The summed E-state index contributed by atoms with van der Waals surface area (Å²) in [5.41, 5.74) is 10.4. The number of fused-ring (bicyclic) bond motifs is 1. The molecule has 5 rings (SSSR count). The highest BCUT2D eigenvalue weighted by Gasteiger charge is 2.41. The van der Waals surface area contributed by atoms with Crippen molar-refractivity contribution in [3.05, 3.63) is 29.3 Å². The Hall–Kier alpha value is -1.63. The average Bonchev–Trinajstić information content (AvgIpc) is 3.24. The summed E-state index contributed by atoms with van der Waals surface area (Å²) in [5.74, 6) is 1.45. The molecule has 5 unspecified atom stereocenters. The van der Waals surface area contributed by atoms with Crippen LogP contribution in [0.2, 0.25) is 0 Å². The van der Waals surface area contributed by atoms with Crippen molar-refractivity contribution in [2.45, 2.75) is 76.0 Å². The van der Waals surface area contributed by atoms with Crippen molar-refractivity contribution >= 4 is 11.6 Å². The molecule has 3 fully saturated rings. The molecule has 29 heavy (non-hydrogen) atoms. The van der Waals surface area contributed by atoms with Crippen molar-refractivity contribution in [1.82, 2.24) is 21.5 Å². The molecule has 3 heterocycles. The SMILES string of the molecule is CC1CCCNC1C(NC(=O)C1Cc2cccc(CC3CCNN3)c2N1)C1CC1. The molecule has 1 saturated carbocycles. The van der Waals surface area contributed by atoms with Crippen LogP contribution in [-0.4, -0.2) is 43.2 Å². The number of piperidine rings is 1. The quantitative estimate of drug-likeness (QED) is 0.505. The number of carbonyl (C=O) groups is 1. The van der Waals surface area contributed by atoms with E-state index in [4.69, 9.17) is 0 Å². The predicted octanol–water partition coefficient (Wildman–Crippen LogP) is 1.72. The number of hydrazine groups is 1. The maximum absolute atomic E-state index is 13.2. The van der Waals surface area contributed by atoms with Crippen molar-refractivity contribution < 1.29 is 4.79 Å². The molecule has 6 nitrogen and oxygen atoms in total. The Labute approximate surface area is 173 Å². The van der Waals surface area contributed by atoms with E-state index in [9.17, 15) is 4.79 Å². The monoisotopic (exact) mass is 397 g/mol. The Kier molecular flexibility index (Phi) is 5.50. The summed E-state index contributed by atoms with van der Waals surface area (Å²) in [5, 5.41) is 10.7. The second-order valence-electron chi connectivity index (χ2n) is 9.58. The third-order valence-electron chi connectivity index (χ3n) is 7.34. The molecule has 5 N–H and O–H groups in total. The van der Waals surface area contributed by atoms with Gasteiger partial charge in [0.2, 0.25) is 5.91 Å². The van der Waals surface area contributed by atoms with Crippen LogP contribution in [0.15, 0.2) is 18.2 Å². The number of para-hydroxylation sites is 1. The molecule has 3 aliphatic heterocycles. The topological polar surface area (TPSA) is 77.2 Å². The first kappa shape index (κ1) is 19.3. The van der Waals surface area contributed by atoms with Gasteiger partial charge < -0.3 is 16.0 Å². The Balaban J connectivity index is 1.25. The minimum absolute atomic E-state index is 0.152. The lowest BCUT2D eigenvalue weighted by molar-refractivity contribution is -0.123. The van der Waals surface area contributed by atoms with Gasteiger partial charge >= 0.3 is 0 Å². The first-order valence-corrected chi connectivity index (χ1v) is 11.6. The molecule has 0 radical (unpaired) electrons. The third-order valence-corrected chi connectivity index (χ3v) is 7.34. The molecule has 0 spiro atoms. The number of hydrogen-bond donors (Lipinski definition) is 5. The summed E-state index contributed by atoms with van der Waals surface area (Å²) >= 11 is 0. The van der Waals surface area contributed by atoms with Crippen molar-refractivity contribution in [1.29, 1.82) is 0 Å². The Morgan fingerprint density at radius 2 is 2.10 bits per heavy atom. The van der Waals surface area contributed by atoms with E-state index in [0.717, 1.165) is 32.4 Å². The van der Waals surface area contributed by atoms with Crippen molar-refractivity contribution in [2.75, 3.05) is 18.4 Å². The molecular weight excluding hydrogens is 362 g/mol. The number of hydrogen-bond acceptors (Lipinski definition) is 5. The summed E-state index contributed by atoms with van der Waals surface area (Å²) in [6, 6.07) is 7.52. The number of nitrogens with one attached hydrogen (secondary N) is 5. The zero-order valence-corrected chi connectivity index (χ0v) is 17.5. The van der Waals surface area contributed by atoms with Crippen LogP contribution in [-0.2, 0) is 17.6 Å². The molecule has 2 saturated heterocycles. The predicted molar refractivity (Wildman–Crippen MR) is 116 cm³/mol. The Bertz CT molecular complexity index is 743. The lowest BCUT2D eigenvalue weighted by atomic mass is 9.85. The number of anilines is 1. The molecule has 1 aromatic rings. The highest BCUT2D eigenvalue weighted by molar-refractivity contribution is 5.88. The highest BCUT2D eigenvalue weighted by atomic mass is 16.2. The molecule has 5 atom stereocenters. The first-order valence-electron chi connectivity index (χ1n) is 11.6. The lowest BCUT2D eigenvalue weighted by Gasteiger charge is -2.37. The Morgan fingerprint density at radius 1 is 1.21 bits per heavy atom. The van der Waals surface area contributed by atoms with E-state index < -0.39 is 0 Å². The fourth-order valence-corrected chi connectivity index (χ4v) is 5.51. The fraction of sp³-hybridized carbons (Fsp3) is 0.696. The van der Waals surface area contributed by atoms with Crippen LogP contribution in [0.5, 0.6) is 0 Å². The smallest absolute Gasteiger partial charge is 0.243 e. The van der Waals surface area contributed by atoms with Gasteiger partial charge in [-0.2, -0.15) is 0 Å². The molecule has 0 bridgehead atoms. The van der Waals surface area contributed by atoms with E-state index in [0.29, 0.717) is 23.9 Å². The van der Waals surface area contributed by atoms with Gasteiger partial charge in [0.05, 0.1) is 0 Å². The fourth-order valence-electron chi connectivity index (χ4n) is 5.51. The van der Waals surface area contributed by atoms with Gasteiger partial charge in [-0.15, -0.1) is 0 Å². The summed E-state index contributed by atoms with van der Waals surface area (Å²) in [6.45, 7) is 4.43. The lowest BCUT2D eigenvalue weighted by Crippen LogP contribution is -2.58. The number of rotatable bonds is 6. The van der Waals surface area contributed by atoms with Gasteiger partial charge in [-0.25, -0.2) is 0 Å². The van der Waals surface area contributed by atoms with Crippen LogP contribution < -0.4 is 26.8 Å². The average molecular weight is 398 g/mol. The van der Waals surface area contributed by atoms with E-state index in [-0.39, 0.29) is 18.0 Å². The van der Waals surface area contributed by atoms with Crippen molar-refractivity contribution in [3.8, 4) is 0 Å². The van der Waals surface area contributed by atoms with Crippen LogP contribution in [0.1, 0.15) is 50.2 Å². The van der Waals surface area contributed by atoms with E-state index >= 15 is 0 Å². The van der Waals surface area contributed by atoms with Gasteiger partial charge in [-0.3, -0.25) is 15.6 Å². The number of carbonyl (C=O) groups excluding carboxylic acids is 1. The van der Waals surface area contributed by atoms with Crippen LogP contribution in [0, 0.1) is 11.8 Å². The molecule has 1 aromatic carbocycles. The van der Waals surface area contributed by atoms with E-state index in [1.54, 1.807) is 0 Å². The minimum Gasteiger partial charge on any atom is -0.373 e. The molecule has 158 valence electrons. The van der Waals surface area contributed by atoms with Gasteiger partial charge in [0.25, 0.3) is 0 Å². The maximum Gasteiger partial charge on any atom is 0.243 e. The van der Waals surface area contributed by atoms with E-state index in [1.165, 1.54) is 42.5 Å². The summed E-state index contributed by atoms with van der Waals surface area (Å²) in [7, 11) is 0. The van der Waals surface area contributed by atoms with E-state index in [2.05, 4.69) is 51.9 Å². The van der Waals surface area contributed by atoms with Crippen LogP contribution in [0.4, 0.5) is 5.69 Å². The van der Waals surface area contributed by atoms with E-state index in [1.807, 2.05) is 0 Å². The van der Waals surface area contributed by atoms with Gasteiger partial charge in [0, 0.05) is 36.8 Å². The highest BCUT2D eigenvalue weighted by Crippen LogP contribution is 2.37. The second-order valence-corrected chi connectivity index (χ2v) is 9.58. The number of benzene rings is 1. The summed E-state index contributed by atoms with van der Waals surface area (Å²) in [4.78, 5) is 13.2.